The van der Waals surface area contributed by atoms with Crippen LogP contribution in [0.3, 0.4) is 0 Å². The Labute approximate surface area is 108 Å². The molecule has 1 aromatic rings. The van der Waals surface area contributed by atoms with Crippen LogP contribution in [0, 0.1) is 17.0 Å². The third-order valence-corrected chi connectivity index (χ3v) is 3.99. The molecule has 1 aliphatic carbocycles. The third-order valence-electron chi connectivity index (χ3n) is 3.99. The minimum Gasteiger partial charge on any atom is -0.316 e. The summed E-state index contributed by atoms with van der Waals surface area (Å²) in [6, 6.07) is 3.94. The first kappa shape index (κ1) is 13.5. The van der Waals surface area contributed by atoms with E-state index in [1.807, 2.05) is 0 Å². The Balaban J connectivity index is 2.13. The molecule has 0 saturated heterocycles. The van der Waals surface area contributed by atoms with Crippen molar-refractivity contribution in [3.8, 4) is 0 Å². The lowest BCUT2D eigenvalue weighted by Crippen LogP contribution is -2.34. The smallest absolute Gasteiger partial charge is 0.129 e. The molecule has 0 aromatic heterocycles. The second kappa shape index (κ2) is 5.79. The minimum absolute atomic E-state index is 0.161. The Kier molecular flexibility index (Phi) is 4.33. The first-order valence-electron chi connectivity index (χ1n) is 6.80. The van der Waals surface area contributed by atoms with Gasteiger partial charge in [0.2, 0.25) is 0 Å². The molecule has 18 heavy (non-hydrogen) atoms. The van der Waals surface area contributed by atoms with Crippen LogP contribution >= 0.6 is 0 Å². The average molecular weight is 253 g/mol. The van der Waals surface area contributed by atoms with Gasteiger partial charge in [0, 0.05) is 12.6 Å². The van der Waals surface area contributed by atoms with Crippen molar-refractivity contribution in [2.24, 2.45) is 5.41 Å². The van der Waals surface area contributed by atoms with Crippen molar-refractivity contribution in [1.82, 2.24) is 5.32 Å². The van der Waals surface area contributed by atoms with E-state index in [4.69, 9.17) is 0 Å². The maximum absolute atomic E-state index is 13.7. The van der Waals surface area contributed by atoms with Crippen molar-refractivity contribution >= 4 is 0 Å². The number of rotatable bonds is 5. The highest BCUT2D eigenvalue weighted by Crippen LogP contribution is 2.40. The van der Waals surface area contributed by atoms with Gasteiger partial charge in [-0.2, -0.15) is 0 Å². The molecule has 0 radical (unpaired) electrons. The van der Waals surface area contributed by atoms with E-state index in [0.717, 1.165) is 32.0 Å². The number of halogens is 2. The van der Waals surface area contributed by atoms with Crippen LogP contribution in [0.5, 0.6) is 0 Å². The Morgan fingerprint density at radius 2 is 1.94 bits per heavy atom. The molecule has 2 rings (SSSR count). The Bertz CT molecular complexity index is 397. The van der Waals surface area contributed by atoms with Gasteiger partial charge in [-0.25, -0.2) is 8.78 Å². The van der Waals surface area contributed by atoms with Crippen molar-refractivity contribution in [2.45, 2.75) is 39.0 Å². The summed E-state index contributed by atoms with van der Waals surface area (Å²) in [6.45, 7) is 3.95. The molecule has 1 aliphatic rings. The highest BCUT2D eigenvalue weighted by Gasteiger charge is 2.34. The molecule has 1 saturated carbocycles. The van der Waals surface area contributed by atoms with Crippen molar-refractivity contribution in [1.29, 1.82) is 0 Å². The highest BCUT2D eigenvalue weighted by molar-refractivity contribution is 5.20. The molecule has 3 heteroatoms. The van der Waals surface area contributed by atoms with Gasteiger partial charge in [0.15, 0.2) is 0 Å². The molecule has 0 bridgehead atoms. The highest BCUT2D eigenvalue weighted by atomic mass is 19.1. The molecule has 1 aromatic carbocycles. The van der Waals surface area contributed by atoms with Crippen molar-refractivity contribution in [3.63, 3.8) is 0 Å². The van der Waals surface area contributed by atoms with Crippen molar-refractivity contribution in [2.75, 3.05) is 13.1 Å². The molecule has 0 aliphatic heterocycles. The first-order chi connectivity index (χ1) is 8.65. The molecular weight excluding hydrogens is 232 g/mol. The molecule has 1 nitrogen and oxygen atoms in total. The van der Waals surface area contributed by atoms with Gasteiger partial charge in [-0.05, 0) is 42.9 Å². The van der Waals surface area contributed by atoms with Crippen LogP contribution in [0.1, 0.15) is 38.2 Å². The molecular formula is C15H21F2N. The number of hydrogen-bond acceptors (Lipinski definition) is 1. The monoisotopic (exact) mass is 253 g/mol. The summed E-state index contributed by atoms with van der Waals surface area (Å²) in [5.41, 5.74) is 0.811. The summed E-state index contributed by atoms with van der Waals surface area (Å²) < 4.78 is 26.6. The lowest BCUT2D eigenvalue weighted by atomic mass is 9.79. The van der Waals surface area contributed by atoms with E-state index in [1.165, 1.54) is 18.9 Å². The van der Waals surface area contributed by atoms with E-state index < -0.39 is 11.6 Å². The predicted molar refractivity (Wildman–Crippen MR) is 69.5 cm³/mol. The van der Waals surface area contributed by atoms with Gasteiger partial charge in [-0.15, -0.1) is 0 Å². The lowest BCUT2D eigenvalue weighted by Gasteiger charge is -2.29. The molecule has 1 fully saturated rings. The summed E-state index contributed by atoms with van der Waals surface area (Å²) >= 11 is 0. The van der Waals surface area contributed by atoms with Crippen LogP contribution < -0.4 is 5.32 Å². The summed E-state index contributed by atoms with van der Waals surface area (Å²) in [4.78, 5) is 0. The predicted octanol–water partition coefficient (Wildman–Crippen LogP) is 3.68. The van der Waals surface area contributed by atoms with Gasteiger partial charge in [-0.3, -0.25) is 0 Å². The largest absolute Gasteiger partial charge is 0.316 e. The van der Waals surface area contributed by atoms with Crippen LogP contribution in [0.4, 0.5) is 8.78 Å². The van der Waals surface area contributed by atoms with Crippen LogP contribution in [-0.2, 0) is 6.42 Å². The fourth-order valence-corrected chi connectivity index (χ4v) is 3.00. The van der Waals surface area contributed by atoms with E-state index in [2.05, 4.69) is 12.2 Å². The molecule has 1 N–H and O–H groups in total. The van der Waals surface area contributed by atoms with Crippen molar-refractivity contribution < 1.29 is 8.78 Å². The summed E-state index contributed by atoms with van der Waals surface area (Å²) in [5, 5.41) is 3.39. The minimum atomic E-state index is -0.497. The second-order valence-corrected chi connectivity index (χ2v) is 5.40. The molecule has 0 spiro atoms. The second-order valence-electron chi connectivity index (χ2n) is 5.40. The van der Waals surface area contributed by atoms with Crippen LogP contribution in [0.2, 0.25) is 0 Å². The normalized spacial score (nSPS) is 18.2. The lowest BCUT2D eigenvalue weighted by molar-refractivity contribution is 0.276. The van der Waals surface area contributed by atoms with Gasteiger partial charge < -0.3 is 5.32 Å². The van der Waals surface area contributed by atoms with E-state index in [0.29, 0.717) is 12.0 Å². The summed E-state index contributed by atoms with van der Waals surface area (Å²) in [7, 11) is 0. The Morgan fingerprint density at radius 3 is 2.56 bits per heavy atom. The van der Waals surface area contributed by atoms with Crippen LogP contribution in [0.15, 0.2) is 18.2 Å². The SMILES string of the molecule is CCNCC1(Cc2ccc(F)cc2F)CCCC1. The van der Waals surface area contributed by atoms with E-state index in [1.54, 1.807) is 6.07 Å². The zero-order valence-corrected chi connectivity index (χ0v) is 10.9. The quantitative estimate of drug-likeness (QED) is 0.844. The topological polar surface area (TPSA) is 12.0 Å². The average Bonchev–Trinajstić information content (AvgIpc) is 2.80. The molecule has 100 valence electrons. The van der Waals surface area contributed by atoms with Crippen LogP contribution in [-0.4, -0.2) is 13.1 Å². The number of nitrogens with one attached hydrogen (secondary N) is 1. The molecule has 0 atom stereocenters. The Hall–Kier alpha value is -0.960. The van der Waals surface area contributed by atoms with E-state index in [-0.39, 0.29) is 5.41 Å². The number of hydrogen-bond donors (Lipinski definition) is 1. The van der Waals surface area contributed by atoms with Gasteiger partial charge in [0.25, 0.3) is 0 Å². The molecule has 0 unspecified atom stereocenters. The fraction of sp³-hybridized carbons (Fsp3) is 0.600. The van der Waals surface area contributed by atoms with Gasteiger partial charge in [0.1, 0.15) is 11.6 Å². The third kappa shape index (κ3) is 3.08. The molecule has 0 amide bonds. The zero-order chi connectivity index (χ0) is 13.0. The number of benzene rings is 1. The van der Waals surface area contributed by atoms with Gasteiger partial charge >= 0.3 is 0 Å². The summed E-state index contributed by atoms with van der Waals surface area (Å²) in [5.74, 6) is -0.902. The maximum Gasteiger partial charge on any atom is 0.129 e. The zero-order valence-electron chi connectivity index (χ0n) is 10.9. The molecule has 0 heterocycles. The van der Waals surface area contributed by atoms with Crippen molar-refractivity contribution in [3.05, 3.63) is 35.4 Å². The van der Waals surface area contributed by atoms with Crippen LogP contribution in [0.25, 0.3) is 0 Å². The van der Waals surface area contributed by atoms with E-state index in [9.17, 15) is 8.78 Å². The van der Waals surface area contributed by atoms with E-state index >= 15 is 0 Å². The standard InChI is InChI=1S/C15H21F2N/c1-2-18-11-15(7-3-4-8-15)10-12-5-6-13(16)9-14(12)17/h5-6,9,18H,2-4,7-8,10-11H2,1H3. The maximum atomic E-state index is 13.7. The van der Waals surface area contributed by atoms with Gasteiger partial charge in [-0.1, -0.05) is 25.8 Å². The summed E-state index contributed by atoms with van der Waals surface area (Å²) in [6.07, 6.45) is 5.42. The van der Waals surface area contributed by atoms with Gasteiger partial charge in [0.05, 0.1) is 0 Å². The Morgan fingerprint density at radius 1 is 1.22 bits per heavy atom. The first-order valence-corrected chi connectivity index (χ1v) is 6.80. The fourth-order valence-electron chi connectivity index (χ4n) is 3.00.